The summed E-state index contributed by atoms with van der Waals surface area (Å²) in [5.74, 6) is -0.0346. The van der Waals surface area contributed by atoms with E-state index >= 15 is 0 Å². The van der Waals surface area contributed by atoms with E-state index in [4.69, 9.17) is 24.4 Å². The number of aliphatic hydroxyl groups excluding tert-OH is 1. The smallest absolute Gasteiger partial charge is 0.379 e. The molecule has 13 nitrogen and oxygen atoms in total. The summed E-state index contributed by atoms with van der Waals surface area (Å²) >= 11 is 1.03. The van der Waals surface area contributed by atoms with Crippen molar-refractivity contribution >= 4 is 28.2 Å². The molecule has 0 atom stereocenters. The number of nitrogens with two attached hydrogens (primary N) is 1. The molecule has 5 rings (SSSR count). The largest absolute Gasteiger partial charge is 0.496 e. The number of ether oxygens (including phenoxy) is 3. The Morgan fingerprint density at radius 1 is 1.22 bits per heavy atom. The molecule has 0 saturated heterocycles. The number of hydrogen-bond donors (Lipinski definition) is 3. The summed E-state index contributed by atoms with van der Waals surface area (Å²) in [4.78, 5) is 26.2. The molecule has 0 unspecified atom stereocenters. The van der Waals surface area contributed by atoms with Crippen LogP contribution in [0.4, 0.5) is 10.9 Å². The highest BCUT2D eigenvalue weighted by Gasteiger charge is 2.32. The van der Waals surface area contributed by atoms with Crippen molar-refractivity contribution in [1.82, 2.24) is 20.0 Å². The highest BCUT2D eigenvalue weighted by atomic mass is 32.1. The van der Waals surface area contributed by atoms with E-state index in [-0.39, 0.29) is 28.3 Å². The lowest BCUT2D eigenvalue weighted by molar-refractivity contribution is -0.0121. The second-order valence-corrected chi connectivity index (χ2v) is 9.01. The molecule has 1 saturated carbocycles. The third kappa shape index (κ3) is 4.71. The number of nitrogens with one attached hydrogen (secondary N) is 1. The first-order valence-corrected chi connectivity index (χ1v) is 11.9. The Morgan fingerprint density at radius 2 is 1.95 bits per heavy atom. The van der Waals surface area contributed by atoms with Gasteiger partial charge in [-0.3, -0.25) is 10.1 Å². The number of carbonyl (C=O) groups excluding carboxylic acids is 1. The summed E-state index contributed by atoms with van der Waals surface area (Å²) in [5.41, 5.74) is 5.60. The second kappa shape index (κ2) is 9.91. The van der Waals surface area contributed by atoms with Crippen molar-refractivity contribution in [2.75, 3.05) is 25.3 Å². The van der Waals surface area contributed by atoms with Crippen LogP contribution >= 0.6 is 11.3 Å². The molecule has 1 aliphatic rings. The molecule has 0 spiro atoms. The van der Waals surface area contributed by atoms with Gasteiger partial charge in [-0.15, -0.1) is 10.2 Å². The number of methoxy groups -OCH3 is 2. The van der Waals surface area contributed by atoms with Crippen molar-refractivity contribution in [2.24, 2.45) is 0 Å². The van der Waals surface area contributed by atoms with Crippen molar-refractivity contribution in [3.8, 4) is 33.5 Å². The van der Waals surface area contributed by atoms with Gasteiger partial charge in [0.05, 0.1) is 32.1 Å². The van der Waals surface area contributed by atoms with Gasteiger partial charge in [-0.2, -0.15) is 9.78 Å². The molecule has 14 heteroatoms. The SMILES string of the molecule is COc1cccc(OC)c1-c1cc(C(=O)Nc2nnc(-n3nccc3N)s2)oc(=O)c1OC1CC(O)C1. The van der Waals surface area contributed by atoms with Crippen molar-refractivity contribution in [3.63, 3.8) is 0 Å². The zero-order chi connectivity index (χ0) is 26.1. The normalized spacial score (nSPS) is 16.6. The maximum Gasteiger partial charge on any atom is 0.379 e. The van der Waals surface area contributed by atoms with Gasteiger partial charge in [-0.1, -0.05) is 17.4 Å². The molecule has 192 valence electrons. The van der Waals surface area contributed by atoms with Crippen molar-refractivity contribution < 1.29 is 28.5 Å². The maximum atomic E-state index is 13.1. The molecule has 0 aliphatic heterocycles. The summed E-state index contributed by atoms with van der Waals surface area (Å²) in [6.45, 7) is 0. The molecule has 1 fully saturated rings. The lowest BCUT2D eigenvalue weighted by Gasteiger charge is -2.31. The van der Waals surface area contributed by atoms with Crippen LogP contribution in [0.3, 0.4) is 0 Å². The first kappa shape index (κ1) is 24.3. The summed E-state index contributed by atoms with van der Waals surface area (Å²) in [7, 11) is 2.94. The van der Waals surface area contributed by atoms with Crippen LogP contribution in [0.1, 0.15) is 23.4 Å². The van der Waals surface area contributed by atoms with Crippen molar-refractivity contribution in [2.45, 2.75) is 25.0 Å². The first-order valence-electron chi connectivity index (χ1n) is 11.1. The Labute approximate surface area is 213 Å². The minimum absolute atomic E-state index is 0.122. The first-order chi connectivity index (χ1) is 17.9. The van der Waals surface area contributed by atoms with Crippen LogP contribution in [0.15, 0.2) is 45.7 Å². The second-order valence-electron chi connectivity index (χ2n) is 8.06. The van der Waals surface area contributed by atoms with E-state index in [1.165, 1.54) is 31.2 Å². The third-order valence-electron chi connectivity index (χ3n) is 5.67. The summed E-state index contributed by atoms with van der Waals surface area (Å²) in [6, 6.07) is 8.06. The van der Waals surface area contributed by atoms with E-state index in [2.05, 4.69) is 20.6 Å². The van der Waals surface area contributed by atoms with Crippen LogP contribution in [0, 0.1) is 0 Å². The monoisotopic (exact) mass is 526 g/mol. The molecule has 3 heterocycles. The average molecular weight is 527 g/mol. The lowest BCUT2D eigenvalue weighted by Crippen LogP contribution is -2.38. The van der Waals surface area contributed by atoms with Gasteiger partial charge in [-0.05, 0) is 18.2 Å². The van der Waals surface area contributed by atoms with Crippen LogP contribution in [-0.2, 0) is 0 Å². The molecular weight excluding hydrogens is 504 g/mol. The number of amides is 1. The van der Waals surface area contributed by atoms with E-state index in [9.17, 15) is 14.7 Å². The average Bonchev–Trinajstić information content (AvgIpc) is 3.51. The topological polar surface area (TPSA) is 177 Å². The molecule has 1 aromatic carbocycles. The van der Waals surface area contributed by atoms with E-state index in [0.29, 0.717) is 40.9 Å². The van der Waals surface area contributed by atoms with Gasteiger partial charge in [0.15, 0.2) is 5.76 Å². The van der Waals surface area contributed by atoms with Crippen LogP contribution in [0.25, 0.3) is 16.3 Å². The van der Waals surface area contributed by atoms with Crippen molar-refractivity contribution in [3.05, 3.63) is 52.7 Å². The van der Waals surface area contributed by atoms with E-state index < -0.39 is 17.6 Å². The van der Waals surface area contributed by atoms with Gasteiger partial charge in [0.1, 0.15) is 23.4 Å². The Bertz CT molecular complexity index is 1490. The predicted octanol–water partition coefficient (Wildman–Crippen LogP) is 2.10. The molecule has 1 aliphatic carbocycles. The van der Waals surface area contributed by atoms with Crippen LogP contribution in [0.2, 0.25) is 0 Å². The Kier molecular flexibility index (Phi) is 6.50. The van der Waals surface area contributed by atoms with Gasteiger partial charge in [0.2, 0.25) is 16.0 Å². The molecule has 3 aromatic heterocycles. The van der Waals surface area contributed by atoms with Gasteiger partial charge in [0, 0.05) is 24.5 Å². The van der Waals surface area contributed by atoms with E-state index in [1.807, 2.05) is 0 Å². The minimum Gasteiger partial charge on any atom is -0.496 e. The zero-order valence-corrected chi connectivity index (χ0v) is 20.5. The number of hydrogen-bond acceptors (Lipinski definition) is 12. The Hall–Kier alpha value is -4.43. The Balaban J connectivity index is 1.53. The fourth-order valence-corrected chi connectivity index (χ4v) is 4.51. The summed E-state index contributed by atoms with van der Waals surface area (Å²) in [6.07, 6.45) is 1.35. The summed E-state index contributed by atoms with van der Waals surface area (Å²) < 4.78 is 23.6. The van der Waals surface area contributed by atoms with Gasteiger partial charge < -0.3 is 29.5 Å². The fourth-order valence-electron chi connectivity index (χ4n) is 3.79. The molecule has 1 amide bonds. The van der Waals surface area contributed by atoms with Gasteiger partial charge >= 0.3 is 5.63 Å². The minimum atomic E-state index is -0.876. The number of anilines is 2. The number of aliphatic hydroxyl groups is 1. The third-order valence-corrected chi connectivity index (χ3v) is 6.49. The number of nitrogens with zero attached hydrogens (tertiary/aromatic N) is 4. The quantitative estimate of drug-likeness (QED) is 0.306. The molecule has 0 bridgehead atoms. The number of nitrogen functional groups attached to an aromatic ring is 1. The molecule has 4 aromatic rings. The zero-order valence-electron chi connectivity index (χ0n) is 19.7. The number of rotatable bonds is 8. The summed E-state index contributed by atoms with van der Waals surface area (Å²) in [5, 5.41) is 24.6. The number of benzene rings is 1. The standard InChI is InChI=1S/C23H22N6O7S/c1-33-14-4-3-5-15(34-2)18(14)13-10-16(36-21(32)19(13)35-12-8-11(30)9-12)20(31)26-22-27-28-23(37-22)29-17(24)6-7-25-29/h3-7,10-12,30H,8-9,24H2,1-2H3,(H,26,27,31). The lowest BCUT2D eigenvalue weighted by atomic mass is 9.92. The van der Waals surface area contributed by atoms with E-state index in [0.717, 1.165) is 11.3 Å². The number of aromatic nitrogens is 4. The fraction of sp³-hybridized carbons (Fsp3) is 0.261. The van der Waals surface area contributed by atoms with Crippen molar-refractivity contribution in [1.29, 1.82) is 0 Å². The molecule has 4 N–H and O–H groups in total. The highest BCUT2D eigenvalue weighted by Crippen LogP contribution is 2.43. The molecule has 37 heavy (non-hydrogen) atoms. The van der Waals surface area contributed by atoms with Crippen LogP contribution < -0.4 is 30.9 Å². The maximum absolute atomic E-state index is 13.1. The Morgan fingerprint density at radius 3 is 2.57 bits per heavy atom. The van der Waals surface area contributed by atoms with Crippen LogP contribution in [-0.4, -0.2) is 57.4 Å². The molecular formula is C23H22N6O7S. The van der Waals surface area contributed by atoms with Gasteiger partial charge in [0.25, 0.3) is 5.91 Å². The van der Waals surface area contributed by atoms with E-state index in [1.54, 1.807) is 24.3 Å². The van der Waals surface area contributed by atoms with Gasteiger partial charge in [-0.25, -0.2) is 4.79 Å². The highest BCUT2D eigenvalue weighted by molar-refractivity contribution is 7.17. The predicted molar refractivity (Wildman–Crippen MR) is 133 cm³/mol. The van der Waals surface area contributed by atoms with Crippen LogP contribution in [0.5, 0.6) is 17.2 Å². The number of carbonyl (C=O) groups is 1. The molecule has 0 radical (unpaired) electrons.